The molecule has 0 aliphatic carbocycles. The highest BCUT2D eigenvalue weighted by Gasteiger charge is 2.32. The lowest BCUT2D eigenvalue weighted by atomic mass is 10.0. The Morgan fingerprint density at radius 2 is 1.68 bits per heavy atom. The number of carboxylic acids is 1. The first-order valence-electron chi connectivity index (χ1n) is 15.7. The zero-order valence-corrected chi connectivity index (χ0v) is 27.5. The molecule has 2 heterocycles. The van der Waals surface area contributed by atoms with Gasteiger partial charge in [-0.1, -0.05) is 106 Å². The zero-order chi connectivity index (χ0) is 31.9. The molecule has 0 bridgehead atoms. The van der Waals surface area contributed by atoms with E-state index in [-0.39, 0.29) is 23.5 Å². The van der Waals surface area contributed by atoms with E-state index in [0.29, 0.717) is 45.8 Å². The van der Waals surface area contributed by atoms with Crippen molar-refractivity contribution in [2.24, 2.45) is 0 Å². The predicted molar refractivity (Wildman–Crippen MR) is 183 cm³/mol. The second-order valence-electron chi connectivity index (χ2n) is 11.2. The molecule has 0 spiro atoms. The lowest BCUT2D eigenvalue weighted by Crippen LogP contribution is -2.29. The average Bonchev–Trinajstić information content (AvgIpc) is 3.27. The largest absolute Gasteiger partial charge is 0.481 e. The van der Waals surface area contributed by atoms with Gasteiger partial charge in [-0.15, -0.1) is 0 Å². The van der Waals surface area contributed by atoms with Crippen molar-refractivity contribution in [2.75, 3.05) is 18.4 Å². The molecule has 2 N–H and O–H groups in total. The van der Waals surface area contributed by atoms with E-state index in [0.717, 1.165) is 70.6 Å². The molecule has 3 rings (SSSR count). The molecule has 236 valence electrons. The van der Waals surface area contributed by atoms with Crippen molar-refractivity contribution < 1.29 is 14.7 Å². The summed E-state index contributed by atoms with van der Waals surface area (Å²) in [5.74, 6) is -0.244. The molecule has 10 heteroatoms. The van der Waals surface area contributed by atoms with E-state index in [1.165, 1.54) is 17.3 Å². The van der Waals surface area contributed by atoms with Gasteiger partial charge >= 0.3 is 5.97 Å². The number of anilines is 1. The Morgan fingerprint density at radius 1 is 1.02 bits per heavy atom. The van der Waals surface area contributed by atoms with Crippen molar-refractivity contribution in [1.82, 2.24) is 9.47 Å². The number of unbranched alkanes of at least 4 members (excludes halogenated alkanes) is 8. The fourth-order valence-electron chi connectivity index (χ4n) is 5.28. The van der Waals surface area contributed by atoms with Gasteiger partial charge in [-0.05, 0) is 49.8 Å². The van der Waals surface area contributed by atoms with Crippen molar-refractivity contribution in [1.29, 1.82) is 5.26 Å². The van der Waals surface area contributed by atoms with E-state index < -0.39 is 5.97 Å². The van der Waals surface area contributed by atoms with Gasteiger partial charge in [-0.2, -0.15) is 5.26 Å². The zero-order valence-electron chi connectivity index (χ0n) is 25.9. The van der Waals surface area contributed by atoms with Crippen molar-refractivity contribution in [3.05, 3.63) is 67.8 Å². The van der Waals surface area contributed by atoms with Crippen LogP contribution < -0.4 is 10.9 Å². The third-order valence-electron chi connectivity index (χ3n) is 7.83. The SMILES string of the molecule is CCCCn1c(NCCc2ccccc2)c(/C=C2/SC(=S)N(CCCCCCCCCCC(=O)O)C2=O)c(C)c(C#N)c1=O. The lowest BCUT2D eigenvalue weighted by Gasteiger charge is -2.20. The number of rotatable bonds is 19. The smallest absolute Gasteiger partial charge is 0.303 e. The molecule has 0 saturated carbocycles. The van der Waals surface area contributed by atoms with Crippen LogP contribution in [0.25, 0.3) is 6.08 Å². The molecular formula is C34H44N4O4S2. The fraction of sp³-hybridized carbons (Fsp3) is 0.500. The van der Waals surface area contributed by atoms with Gasteiger partial charge in [0.15, 0.2) is 0 Å². The summed E-state index contributed by atoms with van der Waals surface area (Å²) in [5, 5.41) is 22.1. The Kier molecular flexibility index (Phi) is 14.7. The topological polar surface area (TPSA) is 115 Å². The van der Waals surface area contributed by atoms with Crippen LogP contribution in [0.2, 0.25) is 0 Å². The van der Waals surface area contributed by atoms with Crippen LogP contribution in [0.4, 0.5) is 5.82 Å². The Labute approximate surface area is 270 Å². The second kappa shape index (κ2) is 18.4. The van der Waals surface area contributed by atoms with Crippen LogP contribution in [0, 0.1) is 18.3 Å². The Morgan fingerprint density at radius 3 is 2.32 bits per heavy atom. The van der Waals surface area contributed by atoms with E-state index in [2.05, 4.69) is 30.4 Å². The highest BCUT2D eigenvalue weighted by molar-refractivity contribution is 8.26. The maximum Gasteiger partial charge on any atom is 0.303 e. The van der Waals surface area contributed by atoms with Crippen LogP contribution in [0.3, 0.4) is 0 Å². The first-order valence-corrected chi connectivity index (χ1v) is 16.9. The Hall–Kier alpha value is -3.42. The maximum absolute atomic E-state index is 13.5. The van der Waals surface area contributed by atoms with Crippen LogP contribution in [0.5, 0.6) is 0 Å². The standard InChI is InChI=1S/C34H44N4O4S2/c1-3-4-21-37-31(36-20-19-26-16-12-11-13-17-26)27(25(2)28(24-35)32(37)41)23-29-33(42)38(34(43)44-29)22-15-10-8-6-5-7-9-14-18-30(39)40/h11-13,16-17,23,36H,3-10,14-15,18-22H2,1-2H3,(H,39,40)/b29-23+. The van der Waals surface area contributed by atoms with Gasteiger partial charge in [-0.25, -0.2) is 0 Å². The minimum absolute atomic E-state index is 0.0957. The molecule has 1 fully saturated rings. The van der Waals surface area contributed by atoms with Gasteiger partial charge < -0.3 is 10.4 Å². The molecular weight excluding hydrogens is 593 g/mol. The number of thioether (sulfide) groups is 1. The minimum Gasteiger partial charge on any atom is -0.481 e. The maximum atomic E-state index is 13.5. The molecule has 1 aromatic carbocycles. The van der Waals surface area contributed by atoms with Crippen LogP contribution in [0.15, 0.2) is 40.0 Å². The van der Waals surface area contributed by atoms with E-state index in [9.17, 15) is 19.6 Å². The fourth-order valence-corrected chi connectivity index (χ4v) is 6.57. The van der Waals surface area contributed by atoms with Gasteiger partial charge in [0.05, 0.1) is 4.91 Å². The molecule has 1 aromatic heterocycles. The van der Waals surface area contributed by atoms with E-state index in [4.69, 9.17) is 17.3 Å². The number of hydrogen-bond donors (Lipinski definition) is 2. The van der Waals surface area contributed by atoms with Gasteiger partial charge in [0.1, 0.15) is 21.8 Å². The molecule has 1 saturated heterocycles. The number of amides is 1. The number of nitrogens with zero attached hydrogens (tertiary/aromatic N) is 3. The molecule has 8 nitrogen and oxygen atoms in total. The van der Waals surface area contributed by atoms with Crippen LogP contribution >= 0.6 is 24.0 Å². The summed E-state index contributed by atoms with van der Waals surface area (Å²) in [7, 11) is 0. The lowest BCUT2D eigenvalue weighted by molar-refractivity contribution is -0.137. The van der Waals surface area contributed by atoms with Crippen molar-refractivity contribution in [2.45, 2.75) is 97.4 Å². The summed E-state index contributed by atoms with van der Waals surface area (Å²) in [6.07, 6.45) is 12.3. The van der Waals surface area contributed by atoms with Crippen molar-refractivity contribution in [3.8, 4) is 6.07 Å². The number of pyridine rings is 1. The summed E-state index contributed by atoms with van der Waals surface area (Å²) in [5.41, 5.74) is 2.18. The number of aliphatic carboxylic acids is 1. The second-order valence-corrected chi connectivity index (χ2v) is 12.8. The highest BCUT2D eigenvalue weighted by Crippen LogP contribution is 2.35. The van der Waals surface area contributed by atoms with Gasteiger partial charge in [0, 0.05) is 31.6 Å². The van der Waals surface area contributed by atoms with Crippen LogP contribution in [-0.2, 0) is 22.6 Å². The molecule has 1 aliphatic rings. The Balaban J connectivity index is 1.72. The summed E-state index contributed by atoms with van der Waals surface area (Å²) >= 11 is 6.86. The molecule has 1 aliphatic heterocycles. The number of carbonyl (C=O) groups is 2. The Bertz CT molecular complexity index is 1430. The van der Waals surface area contributed by atoms with Crippen molar-refractivity contribution in [3.63, 3.8) is 0 Å². The highest BCUT2D eigenvalue weighted by atomic mass is 32.2. The first-order chi connectivity index (χ1) is 21.3. The number of hydrogen-bond acceptors (Lipinski definition) is 7. The number of carbonyl (C=O) groups excluding carboxylic acids is 1. The number of benzene rings is 1. The average molecular weight is 637 g/mol. The molecule has 0 unspecified atom stereocenters. The number of nitrogens with one attached hydrogen (secondary N) is 1. The van der Waals surface area contributed by atoms with Crippen LogP contribution in [-0.4, -0.2) is 43.9 Å². The predicted octanol–water partition coefficient (Wildman–Crippen LogP) is 7.28. The van der Waals surface area contributed by atoms with Crippen LogP contribution in [0.1, 0.15) is 99.8 Å². The monoisotopic (exact) mass is 636 g/mol. The number of thiocarbonyl (C=S) groups is 1. The molecule has 1 amide bonds. The van der Waals surface area contributed by atoms with Gasteiger partial charge in [0.2, 0.25) is 0 Å². The van der Waals surface area contributed by atoms with E-state index in [1.54, 1.807) is 22.5 Å². The summed E-state index contributed by atoms with van der Waals surface area (Å²) in [6, 6.07) is 12.2. The molecule has 0 atom stereocenters. The van der Waals surface area contributed by atoms with Crippen molar-refractivity contribution >= 4 is 52.1 Å². The number of carboxylic acid groups (broad SMARTS) is 1. The number of nitriles is 1. The quantitative estimate of drug-likeness (QED) is 0.0939. The van der Waals surface area contributed by atoms with Gasteiger partial charge in [0.25, 0.3) is 11.5 Å². The molecule has 44 heavy (non-hydrogen) atoms. The molecule has 0 radical (unpaired) electrons. The van der Waals surface area contributed by atoms with E-state index >= 15 is 0 Å². The summed E-state index contributed by atoms with van der Waals surface area (Å²) in [4.78, 5) is 39.6. The third-order valence-corrected chi connectivity index (χ3v) is 9.21. The number of aromatic nitrogens is 1. The molecule has 2 aromatic rings. The third kappa shape index (κ3) is 10.1. The summed E-state index contributed by atoms with van der Waals surface area (Å²) in [6.45, 7) is 5.45. The summed E-state index contributed by atoms with van der Waals surface area (Å²) < 4.78 is 2.18. The normalized spacial score (nSPS) is 13.9. The van der Waals surface area contributed by atoms with Gasteiger partial charge in [-0.3, -0.25) is 23.9 Å². The first kappa shape index (κ1) is 35.1. The van der Waals surface area contributed by atoms with E-state index in [1.807, 2.05) is 18.2 Å². The minimum atomic E-state index is -0.732.